The highest BCUT2D eigenvalue weighted by molar-refractivity contribution is 6.33. The van der Waals surface area contributed by atoms with Crippen molar-refractivity contribution in [1.82, 2.24) is 5.32 Å². The Hall–Kier alpha value is -1.13. The fourth-order valence-corrected chi connectivity index (χ4v) is 1.40. The van der Waals surface area contributed by atoms with Crippen LogP contribution in [0.1, 0.15) is 12.8 Å². The van der Waals surface area contributed by atoms with Gasteiger partial charge in [0.2, 0.25) is 5.91 Å². The van der Waals surface area contributed by atoms with E-state index in [0.29, 0.717) is 17.1 Å². The Labute approximate surface area is 99.0 Å². The van der Waals surface area contributed by atoms with E-state index in [1.807, 2.05) is 7.05 Å². The fourth-order valence-electron chi connectivity index (χ4n) is 1.23. The summed E-state index contributed by atoms with van der Waals surface area (Å²) in [7, 11) is 1.82. The summed E-state index contributed by atoms with van der Waals surface area (Å²) in [6.45, 7) is 0.768. The number of hydrogen-bond acceptors (Lipinski definition) is 2. The average Bonchev–Trinajstić information content (AvgIpc) is 2.24. The lowest BCUT2D eigenvalue weighted by Crippen LogP contribution is -2.15. The zero-order valence-corrected chi connectivity index (χ0v) is 9.77. The maximum absolute atomic E-state index is 12.9. The topological polar surface area (TPSA) is 41.1 Å². The minimum atomic E-state index is -0.421. The monoisotopic (exact) mass is 244 g/mol. The molecule has 1 aromatic rings. The Kier molecular flexibility index (Phi) is 5.22. The molecule has 0 radical (unpaired) electrons. The van der Waals surface area contributed by atoms with Gasteiger partial charge in [0.05, 0.1) is 10.7 Å². The third kappa shape index (κ3) is 4.16. The van der Waals surface area contributed by atoms with Crippen molar-refractivity contribution in [3.05, 3.63) is 29.0 Å². The Morgan fingerprint density at radius 3 is 2.94 bits per heavy atom. The van der Waals surface area contributed by atoms with Gasteiger partial charge in [0.15, 0.2) is 0 Å². The highest BCUT2D eigenvalue weighted by Crippen LogP contribution is 2.22. The van der Waals surface area contributed by atoms with Gasteiger partial charge >= 0.3 is 0 Å². The summed E-state index contributed by atoms with van der Waals surface area (Å²) < 4.78 is 12.9. The predicted molar refractivity (Wildman–Crippen MR) is 63.2 cm³/mol. The van der Waals surface area contributed by atoms with Crippen LogP contribution in [-0.2, 0) is 4.79 Å². The second kappa shape index (κ2) is 6.45. The van der Waals surface area contributed by atoms with Crippen molar-refractivity contribution in [2.24, 2.45) is 0 Å². The molecule has 5 heteroatoms. The molecule has 0 aliphatic heterocycles. The van der Waals surface area contributed by atoms with Crippen LogP contribution < -0.4 is 10.6 Å². The van der Waals surface area contributed by atoms with Crippen LogP contribution in [0.4, 0.5) is 10.1 Å². The summed E-state index contributed by atoms with van der Waals surface area (Å²) in [6.07, 6.45) is 1.11. The largest absolute Gasteiger partial charge is 0.325 e. The predicted octanol–water partition coefficient (Wildman–Crippen LogP) is 2.42. The highest BCUT2D eigenvalue weighted by Gasteiger charge is 2.06. The molecule has 0 spiro atoms. The van der Waals surface area contributed by atoms with E-state index in [1.54, 1.807) is 0 Å². The second-order valence-electron chi connectivity index (χ2n) is 3.38. The van der Waals surface area contributed by atoms with Crippen LogP contribution in [0.15, 0.2) is 18.2 Å². The van der Waals surface area contributed by atoms with E-state index >= 15 is 0 Å². The zero-order valence-electron chi connectivity index (χ0n) is 9.02. The average molecular weight is 245 g/mol. The summed E-state index contributed by atoms with van der Waals surface area (Å²) in [4.78, 5) is 11.4. The molecule has 0 unspecified atom stereocenters. The van der Waals surface area contributed by atoms with E-state index in [2.05, 4.69) is 10.6 Å². The van der Waals surface area contributed by atoms with E-state index in [-0.39, 0.29) is 5.91 Å². The smallest absolute Gasteiger partial charge is 0.224 e. The van der Waals surface area contributed by atoms with Crippen molar-refractivity contribution < 1.29 is 9.18 Å². The lowest BCUT2D eigenvalue weighted by molar-refractivity contribution is -0.116. The van der Waals surface area contributed by atoms with Crippen LogP contribution in [0.25, 0.3) is 0 Å². The molecule has 0 saturated heterocycles. The molecule has 0 fully saturated rings. The van der Waals surface area contributed by atoms with Gasteiger partial charge in [0.25, 0.3) is 0 Å². The first-order chi connectivity index (χ1) is 7.63. The maximum atomic E-state index is 12.9. The quantitative estimate of drug-likeness (QED) is 0.781. The minimum absolute atomic E-state index is 0.164. The molecule has 0 heterocycles. The SMILES string of the molecule is CNCCCC(=O)Nc1cc(F)ccc1Cl. The lowest BCUT2D eigenvalue weighted by atomic mass is 10.2. The standard InChI is InChI=1S/C11H14ClFN2O/c1-14-6-2-3-11(16)15-10-7-8(13)4-5-9(10)12/h4-5,7,14H,2-3,6H2,1H3,(H,15,16). The Morgan fingerprint density at radius 1 is 1.50 bits per heavy atom. The molecular weight excluding hydrogens is 231 g/mol. The minimum Gasteiger partial charge on any atom is -0.325 e. The summed E-state index contributed by atoms with van der Waals surface area (Å²) in [5.41, 5.74) is 0.316. The number of carbonyl (C=O) groups is 1. The van der Waals surface area contributed by atoms with E-state index in [1.165, 1.54) is 18.2 Å². The second-order valence-corrected chi connectivity index (χ2v) is 3.79. The van der Waals surface area contributed by atoms with E-state index in [0.717, 1.165) is 13.0 Å². The summed E-state index contributed by atoms with van der Waals surface area (Å²) >= 11 is 5.81. The van der Waals surface area contributed by atoms with E-state index < -0.39 is 5.82 Å². The van der Waals surface area contributed by atoms with Gasteiger partial charge in [-0.25, -0.2) is 4.39 Å². The normalized spacial score (nSPS) is 10.2. The van der Waals surface area contributed by atoms with Crippen molar-refractivity contribution >= 4 is 23.2 Å². The number of amides is 1. The first-order valence-corrected chi connectivity index (χ1v) is 5.41. The van der Waals surface area contributed by atoms with Gasteiger partial charge in [-0.1, -0.05) is 11.6 Å². The third-order valence-electron chi connectivity index (χ3n) is 2.03. The number of rotatable bonds is 5. The zero-order chi connectivity index (χ0) is 12.0. The Morgan fingerprint density at radius 2 is 2.25 bits per heavy atom. The van der Waals surface area contributed by atoms with Gasteiger partial charge in [-0.2, -0.15) is 0 Å². The van der Waals surface area contributed by atoms with Crippen molar-refractivity contribution in [1.29, 1.82) is 0 Å². The van der Waals surface area contributed by atoms with Gasteiger partial charge in [-0.3, -0.25) is 4.79 Å². The van der Waals surface area contributed by atoms with Gasteiger partial charge in [-0.15, -0.1) is 0 Å². The molecular formula is C11H14ClFN2O. The molecule has 0 aromatic heterocycles. The van der Waals surface area contributed by atoms with Gasteiger partial charge in [-0.05, 0) is 38.2 Å². The number of carbonyl (C=O) groups excluding carboxylic acids is 1. The van der Waals surface area contributed by atoms with E-state index in [9.17, 15) is 9.18 Å². The molecule has 0 atom stereocenters. The molecule has 88 valence electrons. The van der Waals surface area contributed by atoms with Crippen LogP contribution >= 0.6 is 11.6 Å². The number of anilines is 1. The van der Waals surface area contributed by atoms with Crippen molar-refractivity contribution in [3.63, 3.8) is 0 Å². The number of benzene rings is 1. The summed E-state index contributed by atoms with van der Waals surface area (Å²) in [6, 6.07) is 3.87. The molecule has 2 N–H and O–H groups in total. The number of nitrogens with one attached hydrogen (secondary N) is 2. The first-order valence-electron chi connectivity index (χ1n) is 5.03. The maximum Gasteiger partial charge on any atom is 0.224 e. The van der Waals surface area contributed by atoms with Crippen LogP contribution in [0.5, 0.6) is 0 Å². The van der Waals surface area contributed by atoms with Crippen LogP contribution in [-0.4, -0.2) is 19.5 Å². The fraction of sp³-hybridized carbons (Fsp3) is 0.364. The molecule has 1 aromatic carbocycles. The van der Waals surface area contributed by atoms with Gasteiger partial charge in [0, 0.05) is 6.42 Å². The van der Waals surface area contributed by atoms with Gasteiger partial charge < -0.3 is 10.6 Å². The molecule has 0 bridgehead atoms. The third-order valence-corrected chi connectivity index (χ3v) is 2.36. The molecule has 3 nitrogen and oxygen atoms in total. The van der Waals surface area contributed by atoms with Crippen LogP contribution in [0, 0.1) is 5.82 Å². The molecule has 0 aliphatic rings. The Balaban J connectivity index is 2.52. The number of halogens is 2. The summed E-state index contributed by atoms with van der Waals surface area (Å²) in [5.74, 6) is -0.585. The highest BCUT2D eigenvalue weighted by atomic mass is 35.5. The van der Waals surface area contributed by atoms with E-state index in [4.69, 9.17) is 11.6 Å². The van der Waals surface area contributed by atoms with Crippen LogP contribution in [0.2, 0.25) is 5.02 Å². The van der Waals surface area contributed by atoms with Crippen molar-refractivity contribution in [2.75, 3.05) is 18.9 Å². The van der Waals surface area contributed by atoms with Crippen molar-refractivity contribution in [2.45, 2.75) is 12.8 Å². The van der Waals surface area contributed by atoms with Gasteiger partial charge in [0.1, 0.15) is 5.82 Å². The molecule has 1 rings (SSSR count). The first kappa shape index (κ1) is 12.9. The molecule has 0 aliphatic carbocycles. The van der Waals surface area contributed by atoms with Crippen molar-refractivity contribution in [3.8, 4) is 0 Å². The molecule has 0 saturated carbocycles. The molecule has 1 amide bonds. The lowest BCUT2D eigenvalue weighted by Gasteiger charge is -2.07. The number of hydrogen-bond donors (Lipinski definition) is 2. The molecule has 16 heavy (non-hydrogen) atoms. The van der Waals surface area contributed by atoms with Crippen LogP contribution in [0.3, 0.4) is 0 Å². The summed E-state index contributed by atoms with van der Waals surface area (Å²) in [5, 5.41) is 5.85. The Bertz CT molecular complexity index is 371.